The van der Waals surface area contributed by atoms with E-state index in [1.807, 2.05) is 24.3 Å². The van der Waals surface area contributed by atoms with Crippen LogP contribution in [0.5, 0.6) is 0 Å². The summed E-state index contributed by atoms with van der Waals surface area (Å²) in [5, 5.41) is 12.0. The van der Waals surface area contributed by atoms with E-state index in [-0.39, 0.29) is 42.1 Å². The van der Waals surface area contributed by atoms with Gasteiger partial charge in [-0.25, -0.2) is 4.79 Å². The summed E-state index contributed by atoms with van der Waals surface area (Å²) in [4.78, 5) is 38.8. The van der Waals surface area contributed by atoms with Gasteiger partial charge < -0.3 is 20.1 Å². The van der Waals surface area contributed by atoms with Gasteiger partial charge in [0.15, 0.2) is 0 Å². The number of hydrogen-bond donors (Lipinski definition) is 2. The molecule has 4 aliphatic rings. The van der Waals surface area contributed by atoms with E-state index in [4.69, 9.17) is 4.74 Å². The Kier molecular flexibility index (Phi) is 4.67. The molecule has 7 nitrogen and oxygen atoms in total. The molecule has 7 heteroatoms. The van der Waals surface area contributed by atoms with E-state index in [1.165, 1.54) is 11.1 Å². The van der Waals surface area contributed by atoms with E-state index in [2.05, 4.69) is 29.6 Å². The summed E-state index contributed by atoms with van der Waals surface area (Å²) in [6.07, 6.45) is 1.23. The molecule has 2 amide bonds. The Balaban J connectivity index is 1.10. The molecule has 2 saturated carbocycles. The summed E-state index contributed by atoms with van der Waals surface area (Å²) in [7, 11) is 0. The smallest absolute Gasteiger partial charge is 0.407 e. The van der Waals surface area contributed by atoms with Crippen LogP contribution in [0.2, 0.25) is 0 Å². The summed E-state index contributed by atoms with van der Waals surface area (Å²) in [5.41, 5.74) is 4.62. The van der Waals surface area contributed by atoms with Crippen LogP contribution < -0.4 is 5.32 Å². The molecule has 4 atom stereocenters. The molecule has 6 rings (SSSR count). The first-order valence-electron chi connectivity index (χ1n) is 11.7. The Morgan fingerprint density at radius 3 is 2.09 bits per heavy atom. The maximum absolute atomic E-state index is 13.1. The van der Waals surface area contributed by atoms with E-state index >= 15 is 0 Å². The van der Waals surface area contributed by atoms with Crippen molar-refractivity contribution in [3.05, 3.63) is 59.7 Å². The van der Waals surface area contributed by atoms with Gasteiger partial charge in [-0.05, 0) is 52.8 Å². The fraction of sp³-hybridized carbons (Fsp3) is 0.423. The Hall–Kier alpha value is -3.35. The minimum atomic E-state index is -0.771. The van der Waals surface area contributed by atoms with Crippen LogP contribution in [0.25, 0.3) is 11.1 Å². The van der Waals surface area contributed by atoms with E-state index in [0.717, 1.165) is 24.0 Å². The molecule has 1 heterocycles. The summed E-state index contributed by atoms with van der Waals surface area (Å²) >= 11 is 0. The van der Waals surface area contributed by atoms with Crippen molar-refractivity contribution in [3.8, 4) is 11.1 Å². The van der Waals surface area contributed by atoms with Gasteiger partial charge in [-0.3, -0.25) is 9.59 Å². The highest BCUT2D eigenvalue weighted by molar-refractivity contribution is 5.87. The Morgan fingerprint density at radius 2 is 1.55 bits per heavy atom. The molecule has 0 bridgehead atoms. The molecule has 2 unspecified atom stereocenters. The molecule has 2 aromatic carbocycles. The average Bonchev–Trinajstić information content (AvgIpc) is 3.72. The lowest BCUT2D eigenvalue weighted by Crippen LogP contribution is -2.50. The number of carboxylic acid groups (broad SMARTS) is 1. The molecule has 3 fully saturated rings. The fourth-order valence-electron chi connectivity index (χ4n) is 5.85. The Morgan fingerprint density at radius 1 is 0.970 bits per heavy atom. The first-order valence-corrected chi connectivity index (χ1v) is 11.7. The molecular formula is C26H26N2O5. The highest BCUT2D eigenvalue weighted by atomic mass is 16.5. The number of nitrogens with one attached hydrogen (secondary N) is 1. The van der Waals surface area contributed by atoms with Crippen LogP contribution in [-0.2, 0) is 14.3 Å². The van der Waals surface area contributed by atoms with Crippen molar-refractivity contribution in [1.29, 1.82) is 0 Å². The van der Waals surface area contributed by atoms with Crippen molar-refractivity contribution in [3.63, 3.8) is 0 Å². The molecule has 2 N–H and O–H groups in total. The number of carbonyl (C=O) groups excluding carboxylic acids is 2. The summed E-state index contributed by atoms with van der Waals surface area (Å²) in [6, 6.07) is 15.7. The highest BCUT2D eigenvalue weighted by Crippen LogP contribution is 2.52. The second-order valence-corrected chi connectivity index (χ2v) is 9.72. The fourth-order valence-corrected chi connectivity index (χ4v) is 5.85. The quantitative estimate of drug-likeness (QED) is 0.711. The number of carbonyl (C=O) groups is 3. The lowest BCUT2D eigenvalue weighted by molar-refractivity contribution is -0.141. The minimum absolute atomic E-state index is 0.0307. The van der Waals surface area contributed by atoms with Gasteiger partial charge in [0.25, 0.3) is 0 Å². The van der Waals surface area contributed by atoms with E-state index in [0.29, 0.717) is 13.1 Å². The van der Waals surface area contributed by atoms with Crippen LogP contribution >= 0.6 is 0 Å². The average molecular weight is 447 g/mol. The molecule has 1 aliphatic heterocycles. The lowest BCUT2D eigenvalue weighted by Gasteiger charge is -2.26. The van der Waals surface area contributed by atoms with Gasteiger partial charge in [0.2, 0.25) is 5.91 Å². The molecule has 33 heavy (non-hydrogen) atoms. The Labute approximate surface area is 191 Å². The third-order valence-corrected chi connectivity index (χ3v) is 7.77. The van der Waals surface area contributed by atoms with E-state index in [9.17, 15) is 19.5 Å². The monoisotopic (exact) mass is 446 g/mol. The first kappa shape index (κ1) is 20.3. The van der Waals surface area contributed by atoms with Gasteiger partial charge in [-0.2, -0.15) is 0 Å². The summed E-state index contributed by atoms with van der Waals surface area (Å²) in [6.45, 7) is 1.14. The molecule has 1 saturated heterocycles. The largest absolute Gasteiger partial charge is 0.481 e. The molecule has 3 aliphatic carbocycles. The van der Waals surface area contributed by atoms with Crippen molar-refractivity contribution in [2.75, 3.05) is 19.7 Å². The number of piperidine rings is 1. The number of alkyl carbamates (subject to hydrolysis) is 1. The predicted molar refractivity (Wildman–Crippen MR) is 119 cm³/mol. The third-order valence-electron chi connectivity index (χ3n) is 7.77. The van der Waals surface area contributed by atoms with Gasteiger partial charge in [-0.1, -0.05) is 48.5 Å². The number of rotatable bonds is 6. The van der Waals surface area contributed by atoms with Gasteiger partial charge in [-0.15, -0.1) is 0 Å². The second-order valence-electron chi connectivity index (χ2n) is 9.72. The standard InChI is InChI=1S/C26H26N2O5/c29-24(28-11-19-20(12-28)22(19)25(30)31)23(14-9-10-14)27-26(32)33-13-21-17-7-3-1-5-15(17)16-6-2-4-8-18(16)21/h1-8,14,19-23H,9-13H2,(H,27,32)(H,30,31)/t19-,20+,22?,23?. The number of benzene rings is 2. The van der Waals surface area contributed by atoms with Crippen LogP contribution in [0.3, 0.4) is 0 Å². The van der Waals surface area contributed by atoms with Crippen LogP contribution in [0.1, 0.15) is 29.9 Å². The number of fused-ring (bicyclic) bond motifs is 4. The number of hydrogen-bond acceptors (Lipinski definition) is 4. The van der Waals surface area contributed by atoms with E-state index < -0.39 is 18.1 Å². The Bertz CT molecular complexity index is 1090. The maximum Gasteiger partial charge on any atom is 0.407 e. The zero-order valence-electron chi connectivity index (χ0n) is 18.1. The number of likely N-dealkylation sites (tertiary alicyclic amines) is 1. The normalized spacial score (nSPS) is 25.6. The summed E-state index contributed by atoms with van der Waals surface area (Å²) in [5.74, 6) is -0.984. The molecule has 0 aromatic heterocycles. The predicted octanol–water partition coefficient (Wildman–Crippen LogP) is 3.09. The molecular weight excluding hydrogens is 420 g/mol. The number of nitrogens with zero attached hydrogens (tertiary/aromatic N) is 1. The topological polar surface area (TPSA) is 95.9 Å². The van der Waals surface area contributed by atoms with Gasteiger partial charge >= 0.3 is 12.1 Å². The van der Waals surface area contributed by atoms with Gasteiger partial charge in [0, 0.05) is 19.0 Å². The lowest BCUT2D eigenvalue weighted by atomic mass is 9.98. The van der Waals surface area contributed by atoms with Crippen molar-refractivity contribution >= 4 is 18.0 Å². The molecule has 0 radical (unpaired) electrons. The number of ether oxygens (including phenoxy) is 1. The zero-order valence-corrected chi connectivity index (χ0v) is 18.1. The molecule has 2 aromatic rings. The summed E-state index contributed by atoms with van der Waals surface area (Å²) < 4.78 is 5.64. The van der Waals surface area contributed by atoms with Crippen molar-refractivity contribution in [1.82, 2.24) is 10.2 Å². The van der Waals surface area contributed by atoms with Gasteiger partial charge in [0.1, 0.15) is 12.6 Å². The van der Waals surface area contributed by atoms with Crippen LogP contribution in [-0.4, -0.2) is 53.7 Å². The van der Waals surface area contributed by atoms with Crippen LogP contribution in [0.4, 0.5) is 4.79 Å². The first-order chi connectivity index (χ1) is 16.0. The maximum atomic E-state index is 13.1. The third kappa shape index (κ3) is 3.46. The number of aliphatic carboxylic acids is 1. The SMILES string of the molecule is O=C(NC(C(=O)N1C[C@@H]2C(C(=O)O)[C@@H]2C1)C1CC1)OCC1c2ccccc2-c2ccccc21. The van der Waals surface area contributed by atoms with Crippen LogP contribution in [0, 0.1) is 23.7 Å². The van der Waals surface area contributed by atoms with Crippen LogP contribution in [0.15, 0.2) is 48.5 Å². The number of carboxylic acids is 1. The van der Waals surface area contributed by atoms with Crippen molar-refractivity contribution in [2.24, 2.45) is 23.7 Å². The minimum Gasteiger partial charge on any atom is -0.481 e. The number of amides is 2. The zero-order chi connectivity index (χ0) is 22.7. The molecule has 170 valence electrons. The van der Waals surface area contributed by atoms with E-state index in [1.54, 1.807) is 4.90 Å². The van der Waals surface area contributed by atoms with Gasteiger partial charge in [0.05, 0.1) is 5.92 Å². The second kappa shape index (κ2) is 7.61. The van der Waals surface area contributed by atoms with Crippen molar-refractivity contribution < 1.29 is 24.2 Å². The highest BCUT2D eigenvalue weighted by Gasteiger charge is 2.61. The van der Waals surface area contributed by atoms with Crippen molar-refractivity contribution in [2.45, 2.75) is 24.8 Å². The molecule has 0 spiro atoms.